The Kier molecular flexibility index (Phi) is 7.35. The molecule has 3 aromatic carbocycles. The number of aromatic hydroxyl groups is 1. The van der Waals surface area contributed by atoms with E-state index in [1.807, 2.05) is 12.1 Å². The van der Waals surface area contributed by atoms with E-state index in [4.69, 9.17) is 5.11 Å². The smallest absolute Gasteiger partial charge is 0.317 e. The van der Waals surface area contributed by atoms with Gasteiger partial charge in [-0.3, -0.25) is 9.69 Å². The number of phenolic OH excluding ortho intramolecular Hbond substituents is 1. The van der Waals surface area contributed by atoms with Crippen LogP contribution < -0.4 is 4.90 Å². The fraction of sp³-hybridized carbons (Fsp3) is 0.441. The standard InChI is InChI=1S/C34H40N2O3/c37-29-12-14-31-27(23-29)9-13-30(25-5-2-1-3-6-25)33(31)26-7-10-28(11-8-26)36-19-4-15-34(18-22-36)16-20-35(21-17-34)24-32(38)39/h1-3,5-8,10-12,14,23,30,33,37H,4,9,13,15-22,24H2,(H,38,39)/t30-,33+/m1/s1. The van der Waals surface area contributed by atoms with Crippen molar-refractivity contribution in [1.82, 2.24) is 4.90 Å². The Balaban J connectivity index is 1.20. The van der Waals surface area contributed by atoms with Gasteiger partial charge in [-0.05, 0) is 116 Å². The zero-order valence-electron chi connectivity index (χ0n) is 22.8. The average molecular weight is 525 g/mol. The maximum absolute atomic E-state index is 11.1. The van der Waals surface area contributed by atoms with Crippen LogP contribution in [0.4, 0.5) is 5.69 Å². The van der Waals surface area contributed by atoms with Crippen LogP contribution in [-0.2, 0) is 11.2 Å². The average Bonchev–Trinajstić information content (AvgIpc) is 3.16. The molecule has 1 spiro atoms. The number of carboxylic acids is 1. The monoisotopic (exact) mass is 524 g/mol. The molecule has 0 amide bonds. The third-order valence-electron chi connectivity index (χ3n) is 9.76. The fourth-order valence-electron chi connectivity index (χ4n) is 7.56. The van der Waals surface area contributed by atoms with Crippen molar-refractivity contribution in [3.8, 4) is 5.75 Å². The third-order valence-corrected chi connectivity index (χ3v) is 9.76. The number of phenols is 1. The van der Waals surface area contributed by atoms with Crippen molar-refractivity contribution in [2.24, 2.45) is 5.41 Å². The number of rotatable bonds is 5. The summed E-state index contributed by atoms with van der Waals surface area (Å²) in [6.45, 7) is 4.13. The van der Waals surface area contributed by atoms with Crippen molar-refractivity contribution >= 4 is 11.7 Å². The molecule has 39 heavy (non-hydrogen) atoms. The summed E-state index contributed by atoms with van der Waals surface area (Å²) >= 11 is 0. The molecule has 2 heterocycles. The second-order valence-corrected chi connectivity index (χ2v) is 12.0. The Bertz CT molecular complexity index is 1280. The van der Waals surface area contributed by atoms with Crippen molar-refractivity contribution in [2.75, 3.05) is 37.6 Å². The van der Waals surface area contributed by atoms with Gasteiger partial charge in [-0.25, -0.2) is 0 Å². The number of benzene rings is 3. The van der Waals surface area contributed by atoms with Crippen LogP contribution in [0.1, 0.15) is 72.6 Å². The van der Waals surface area contributed by atoms with Gasteiger partial charge in [0.25, 0.3) is 0 Å². The van der Waals surface area contributed by atoms with Gasteiger partial charge in [0.05, 0.1) is 6.54 Å². The van der Waals surface area contributed by atoms with Gasteiger partial charge in [-0.1, -0.05) is 48.5 Å². The second-order valence-electron chi connectivity index (χ2n) is 12.0. The van der Waals surface area contributed by atoms with Crippen LogP contribution in [-0.4, -0.2) is 53.8 Å². The van der Waals surface area contributed by atoms with Crippen LogP contribution in [0.15, 0.2) is 72.8 Å². The number of anilines is 1. The number of hydrogen-bond acceptors (Lipinski definition) is 4. The predicted octanol–water partition coefficient (Wildman–Crippen LogP) is 6.41. The third kappa shape index (κ3) is 5.56. The van der Waals surface area contributed by atoms with E-state index in [1.54, 1.807) is 0 Å². The zero-order chi connectivity index (χ0) is 26.8. The molecule has 3 aliphatic rings. The minimum atomic E-state index is -0.716. The minimum absolute atomic E-state index is 0.173. The number of aliphatic carboxylic acids is 1. The van der Waals surface area contributed by atoms with Crippen LogP contribution in [0.5, 0.6) is 5.75 Å². The van der Waals surface area contributed by atoms with E-state index in [9.17, 15) is 9.90 Å². The van der Waals surface area contributed by atoms with Gasteiger partial charge >= 0.3 is 5.97 Å². The molecule has 0 unspecified atom stereocenters. The molecule has 5 nitrogen and oxygen atoms in total. The highest BCUT2D eigenvalue weighted by molar-refractivity contribution is 5.69. The molecule has 6 rings (SSSR count). The Hall–Kier alpha value is -3.31. The molecular formula is C34H40N2O3. The van der Waals surface area contributed by atoms with E-state index in [1.165, 1.54) is 47.2 Å². The second kappa shape index (κ2) is 11.1. The molecule has 2 saturated heterocycles. The number of carboxylic acid groups (broad SMARTS) is 1. The number of carbonyl (C=O) groups is 1. The van der Waals surface area contributed by atoms with Crippen LogP contribution in [0.3, 0.4) is 0 Å². The van der Waals surface area contributed by atoms with Crippen LogP contribution in [0.2, 0.25) is 0 Å². The van der Waals surface area contributed by atoms with E-state index in [2.05, 4.69) is 70.5 Å². The van der Waals surface area contributed by atoms with Crippen molar-refractivity contribution in [1.29, 1.82) is 0 Å². The summed E-state index contributed by atoms with van der Waals surface area (Å²) in [5, 5.41) is 19.3. The van der Waals surface area contributed by atoms with Crippen molar-refractivity contribution < 1.29 is 15.0 Å². The largest absolute Gasteiger partial charge is 0.508 e. The zero-order valence-corrected chi connectivity index (χ0v) is 22.8. The first kappa shape index (κ1) is 25.9. The van der Waals surface area contributed by atoms with E-state index < -0.39 is 5.97 Å². The molecule has 0 bridgehead atoms. The Labute approximate surface area is 232 Å². The van der Waals surface area contributed by atoms with Gasteiger partial charge in [-0.2, -0.15) is 0 Å². The molecule has 3 aromatic rings. The summed E-state index contributed by atoms with van der Waals surface area (Å²) in [6.07, 6.45) is 7.91. The molecule has 204 valence electrons. The SMILES string of the molecule is O=C(O)CN1CCC2(CCCN(c3ccc([C@@H]4c5ccc(O)cc5CC[C@@H]4c4ccccc4)cc3)CC2)CC1. The molecule has 2 atom stereocenters. The molecule has 2 fully saturated rings. The lowest BCUT2D eigenvalue weighted by molar-refractivity contribution is -0.139. The lowest BCUT2D eigenvalue weighted by Crippen LogP contribution is -2.42. The van der Waals surface area contributed by atoms with Gasteiger partial charge in [0, 0.05) is 24.7 Å². The summed E-state index contributed by atoms with van der Waals surface area (Å²) in [5.41, 5.74) is 7.00. The summed E-state index contributed by atoms with van der Waals surface area (Å²) in [7, 11) is 0. The van der Waals surface area contributed by atoms with E-state index >= 15 is 0 Å². The Morgan fingerprint density at radius 1 is 0.846 bits per heavy atom. The number of hydrogen-bond donors (Lipinski definition) is 2. The molecule has 0 saturated carbocycles. The first-order valence-electron chi connectivity index (χ1n) is 14.7. The Morgan fingerprint density at radius 2 is 1.59 bits per heavy atom. The summed E-state index contributed by atoms with van der Waals surface area (Å²) in [6, 6.07) is 26.1. The van der Waals surface area contributed by atoms with Crippen molar-refractivity contribution in [3.05, 3.63) is 95.1 Å². The summed E-state index contributed by atoms with van der Waals surface area (Å²) < 4.78 is 0. The molecule has 1 aliphatic carbocycles. The van der Waals surface area contributed by atoms with Crippen molar-refractivity contribution in [3.63, 3.8) is 0 Å². The number of aryl methyl sites for hydroxylation is 1. The highest BCUT2D eigenvalue weighted by atomic mass is 16.4. The van der Waals surface area contributed by atoms with Gasteiger partial charge in [-0.15, -0.1) is 0 Å². The summed E-state index contributed by atoms with van der Waals surface area (Å²) in [5.74, 6) is 0.326. The normalized spacial score (nSPS) is 23.2. The van der Waals surface area contributed by atoms with Crippen LogP contribution in [0, 0.1) is 5.41 Å². The number of likely N-dealkylation sites (tertiary alicyclic amines) is 1. The molecular weight excluding hydrogens is 484 g/mol. The lowest BCUT2D eigenvalue weighted by Gasteiger charge is -2.41. The predicted molar refractivity (Wildman–Crippen MR) is 156 cm³/mol. The lowest BCUT2D eigenvalue weighted by atomic mass is 9.69. The van der Waals surface area contributed by atoms with E-state index in [0.717, 1.165) is 51.9 Å². The fourth-order valence-corrected chi connectivity index (χ4v) is 7.56. The van der Waals surface area contributed by atoms with E-state index in [0.29, 0.717) is 17.1 Å². The van der Waals surface area contributed by atoms with Crippen LogP contribution >= 0.6 is 0 Å². The van der Waals surface area contributed by atoms with E-state index in [-0.39, 0.29) is 12.5 Å². The molecule has 2 N–H and O–H groups in total. The molecule has 0 radical (unpaired) electrons. The summed E-state index contributed by atoms with van der Waals surface area (Å²) in [4.78, 5) is 15.8. The number of fused-ring (bicyclic) bond motifs is 1. The maximum atomic E-state index is 11.1. The first-order chi connectivity index (χ1) is 19.0. The number of piperidine rings is 1. The maximum Gasteiger partial charge on any atom is 0.317 e. The highest BCUT2D eigenvalue weighted by Crippen LogP contribution is 2.47. The molecule has 5 heteroatoms. The minimum Gasteiger partial charge on any atom is -0.508 e. The van der Waals surface area contributed by atoms with Gasteiger partial charge in [0.2, 0.25) is 0 Å². The Morgan fingerprint density at radius 3 is 2.33 bits per heavy atom. The van der Waals surface area contributed by atoms with Gasteiger partial charge < -0.3 is 15.1 Å². The highest BCUT2D eigenvalue weighted by Gasteiger charge is 2.37. The van der Waals surface area contributed by atoms with Gasteiger partial charge in [0.1, 0.15) is 5.75 Å². The number of nitrogens with zero attached hydrogens (tertiary/aromatic N) is 2. The van der Waals surface area contributed by atoms with Crippen molar-refractivity contribution in [2.45, 2.75) is 56.8 Å². The molecule has 2 aliphatic heterocycles. The van der Waals surface area contributed by atoms with Gasteiger partial charge in [0.15, 0.2) is 0 Å². The van der Waals surface area contributed by atoms with Crippen LogP contribution in [0.25, 0.3) is 0 Å². The molecule has 0 aromatic heterocycles. The topological polar surface area (TPSA) is 64.0 Å². The quantitative estimate of drug-likeness (QED) is 0.404. The first-order valence-corrected chi connectivity index (χ1v) is 14.7.